The van der Waals surface area contributed by atoms with E-state index in [-0.39, 0.29) is 11.2 Å². The molecule has 5 nitrogen and oxygen atoms in total. The third kappa shape index (κ3) is 11.7. The van der Waals surface area contributed by atoms with Gasteiger partial charge >= 0.3 is 0 Å². The molecule has 220 valence electrons. The van der Waals surface area contributed by atoms with Crippen LogP contribution in [0.4, 0.5) is 0 Å². The van der Waals surface area contributed by atoms with Crippen molar-refractivity contribution in [1.82, 2.24) is 15.0 Å². The predicted molar refractivity (Wildman–Crippen MR) is 162 cm³/mol. The topological polar surface area (TPSA) is 49.2 Å². The number of unbranched alkanes of at least 4 members (excludes halogenated alkanes) is 4. The average molecular weight is 540 g/mol. The normalized spacial score (nSPS) is 15.5. The highest BCUT2D eigenvalue weighted by molar-refractivity contribution is 5.32. The Morgan fingerprint density at radius 3 is 1.77 bits per heavy atom. The van der Waals surface area contributed by atoms with Crippen molar-refractivity contribution in [1.29, 1.82) is 0 Å². The van der Waals surface area contributed by atoms with Crippen molar-refractivity contribution in [3.63, 3.8) is 0 Å². The molecule has 0 radical (unpaired) electrons. The fourth-order valence-corrected chi connectivity index (χ4v) is 5.72. The van der Waals surface area contributed by atoms with Gasteiger partial charge in [0, 0.05) is 12.6 Å². The maximum atomic E-state index is 6.46. The Kier molecular flexibility index (Phi) is 13.0. The molecule has 1 saturated carbocycles. The number of rotatable bonds is 17. The molecule has 2 aromatic rings. The van der Waals surface area contributed by atoms with Crippen molar-refractivity contribution in [2.75, 3.05) is 0 Å². The zero-order valence-corrected chi connectivity index (χ0v) is 26.1. The third-order valence-corrected chi connectivity index (χ3v) is 8.28. The lowest BCUT2D eigenvalue weighted by Crippen LogP contribution is -2.24. The zero-order chi connectivity index (χ0) is 28.1. The molecular weight excluding hydrogens is 482 g/mol. The van der Waals surface area contributed by atoms with Crippen molar-refractivity contribution in [3.8, 4) is 0 Å². The van der Waals surface area contributed by atoms with Crippen LogP contribution in [-0.4, -0.2) is 26.2 Å². The van der Waals surface area contributed by atoms with Gasteiger partial charge in [0.15, 0.2) is 0 Å². The van der Waals surface area contributed by atoms with Crippen molar-refractivity contribution in [2.45, 2.75) is 168 Å². The van der Waals surface area contributed by atoms with Gasteiger partial charge in [0.1, 0.15) is 0 Å². The number of nitrogens with zero attached hydrogens (tertiary/aromatic N) is 3. The molecule has 1 aromatic heterocycles. The summed E-state index contributed by atoms with van der Waals surface area (Å²) in [6, 6.07) is 7.36. The second-order valence-electron chi connectivity index (χ2n) is 13.2. The number of ether oxygens (including phenoxy) is 2. The van der Waals surface area contributed by atoms with Gasteiger partial charge in [-0.05, 0) is 70.1 Å². The summed E-state index contributed by atoms with van der Waals surface area (Å²) < 4.78 is 15.0. The molecular formula is C34H57N3O2. The first-order chi connectivity index (χ1) is 18.7. The standard InChI is InChI=1S/C34H57N3O2/c1-7-9-15-19-33(3,4)38-26-29-21-28(22-30(23-29)27-39-34(5,6)20-16-10-8-2)24-31-25-37(36-35-31)32-17-13-11-12-14-18-32/h21-23,25,32H,7-20,24,26-27H2,1-6H3. The van der Waals surface area contributed by atoms with Gasteiger partial charge in [0.25, 0.3) is 0 Å². The van der Waals surface area contributed by atoms with E-state index in [0.29, 0.717) is 19.3 Å². The molecule has 1 aliphatic carbocycles. The van der Waals surface area contributed by atoms with Crippen LogP contribution in [0, 0.1) is 0 Å². The molecule has 0 aliphatic heterocycles. The minimum Gasteiger partial charge on any atom is -0.371 e. The lowest BCUT2D eigenvalue weighted by Gasteiger charge is -2.27. The van der Waals surface area contributed by atoms with Crippen LogP contribution in [0.5, 0.6) is 0 Å². The predicted octanol–water partition coefficient (Wildman–Crippen LogP) is 9.52. The van der Waals surface area contributed by atoms with E-state index in [4.69, 9.17) is 9.47 Å². The lowest BCUT2D eigenvalue weighted by molar-refractivity contribution is -0.0384. The van der Waals surface area contributed by atoms with Gasteiger partial charge in [-0.1, -0.05) is 101 Å². The summed E-state index contributed by atoms with van der Waals surface area (Å²) in [5.41, 5.74) is 4.50. The Labute approximate surface area is 239 Å². The second kappa shape index (κ2) is 15.9. The highest BCUT2D eigenvalue weighted by Crippen LogP contribution is 2.28. The minimum atomic E-state index is -0.121. The summed E-state index contributed by atoms with van der Waals surface area (Å²) in [5, 5.41) is 9.13. The maximum absolute atomic E-state index is 6.46. The quantitative estimate of drug-likeness (QED) is 0.148. The molecule has 0 unspecified atom stereocenters. The van der Waals surface area contributed by atoms with E-state index in [1.807, 2.05) is 0 Å². The summed E-state index contributed by atoms with van der Waals surface area (Å²) in [6.45, 7) is 14.6. The number of aromatic nitrogens is 3. The Bertz CT molecular complexity index is 913. The molecule has 39 heavy (non-hydrogen) atoms. The van der Waals surface area contributed by atoms with E-state index >= 15 is 0 Å². The Balaban J connectivity index is 1.72. The third-order valence-electron chi connectivity index (χ3n) is 8.28. The summed E-state index contributed by atoms with van der Waals surface area (Å²) in [4.78, 5) is 0. The maximum Gasteiger partial charge on any atom is 0.0870 e. The smallest absolute Gasteiger partial charge is 0.0870 e. The molecule has 0 saturated heterocycles. The molecule has 3 rings (SSSR count). The molecule has 1 aliphatic rings. The van der Waals surface area contributed by atoms with Crippen LogP contribution in [-0.2, 0) is 29.1 Å². The van der Waals surface area contributed by atoms with Crippen LogP contribution in [0.1, 0.15) is 160 Å². The fourth-order valence-electron chi connectivity index (χ4n) is 5.72. The molecule has 1 aromatic carbocycles. The van der Waals surface area contributed by atoms with E-state index in [2.05, 4.69) is 80.9 Å². The Morgan fingerprint density at radius 2 is 1.26 bits per heavy atom. The molecule has 5 heteroatoms. The molecule has 0 atom stereocenters. The van der Waals surface area contributed by atoms with Gasteiger partial charge in [0.05, 0.1) is 36.2 Å². The van der Waals surface area contributed by atoms with Crippen LogP contribution in [0.15, 0.2) is 24.4 Å². The van der Waals surface area contributed by atoms with Crippen LogP contribution in [0.3, 0.4) is 0 Å². The summed E-state index contributed by atoms with van der Waals surface area (Å²) >= 11 is 0. The van der Waals surface area contributed by atoms with Gasteiger partial charge < -0.3 is 9.47 Å². The first kappa shape index (κ1) is 31.8. The van der Waals surface area contributed by atoms with Crippen LogP contribution < -0.4 is 0 Å². The summed E-state index contributed by atoms with van der Waals surface area (Å²) in [7, 11) is 0. The first-order valence-corrected chi connectivity index (χ1v) is 16.0. The number of hydrogen-bond donors (Lipinski definition) is 0. The van der Waals surface area contributed by atoms with Crippen molar-refractivity contribution < 1.29 is 9.47 Å². The molecule has 0 N–H and O–H groups in total. The summed E-state index contributed by atoms with van der Waals surface area (Å²) in [5.74, 6) is 0. The minimum absolute atomic E-state index is 0.121. The van der Waals surface area contributed by atoms with E-state index in [1.165, 1.54) is 93.7 Å². The van der Waals surface area contributed by atoms with E-state index in [1.54, 1.807) is 0 Å². The average Bonchev–Trinajstić information content (AvgIpc) is 3.18. The van der Waals surface area contributed by atoms with Crippen molar-refractivity contribution in [2.24, 2.45) is 0 Å². The number of benzene rings is 1. The monoisotopic (exact) mass is 539 g/mol. The molecule has 1 fully saturated rings. The van der Waals surface area contributed by atoms with Crippen LogP contribution in [0.25, 0.3) is 0 Å². The highest BCUT2D eigenvalue weighted by Gasteiger charge is 2.21. The molecule has 0 amide bonds. The lowest BCUT2D eigenvalue weighted by atomic mass is 9.99. The van der Waals surface area contributed by atoms with E-state index < -0.39 is 0 Å². The van der Waals surface area contributed by atoms with E-state index in [9.17, 15) is 0 Å². The second-order valence-corrected chi connectivity index (χ2v) is 13.2. The Morgan fingerprint density at radius 1 is 0.744 bits per heavy atom. The van der Waals surface area contributed by atoms with Crippen LogP contribution in [0.2, 0.25) is 0 Å². The van der Waals surface area contributed by atoms with Crippen molar-refractivity contribution in [3.05, 3.63) is 46.8 Å². The Hall–Kier alpha value is -1.72. The largest absolute Gasteiger partial charge is 0.371 e. The first-order valence-electron chi connectivity index (χ1n) is 16.0. The van der Waals surface area contributed by atoms with Crippen molar-refractivity contribution >= 4 is 0 Å². The highest BCUT2D eigenvalue weighted by atomic mass is 16.5. The van der Waals surface area contributed by atoms with Gasteiger partial charge in [-0.25, -0.2) is 4.68 Å². The van der Waals surface area contributed by atoms with Gasteiger partial charge in [0.2, 0.25) is 0 Å². The zero-order valence-electron chi connectivity index (χ0n) is 26.1. The molecule has 0 spiro atoms. The van der Waals surface area contributed by atoms with E-state index in [0.717, 1.165) is 25.0 Å². The summed E-state index contributed by atoms with van der Waals surface area (Å²) in [6.07, 6.45) is 20.3. The SMILES string of the molecule is CCCCCC(C)(C)OCc1cc(COC(C)(C)CCCCC)cc(Cc2cn(C3CCCCCC3)nn2)c1. The van der Waals surface area contributed by atoms with Gasteiger partial charge in [-0.3, -0.25) is 0 Å². The van der Waals surface area contributed by atoms with Gasteiger partial charge in [-0.15, -0.1) is 5.10 Å². The fraction of sp³-hybridized carbons (Fsp3) is 0.765. The van der Waals surface area contributed by atoms with Crippen LogP contribution >= 0.6 is 0 Å². The molecule has 0 bridgehead atoms. The van der Waals surface area contributed by atoms with Gasteiger partial charge in [-0.2, -0.15) is 0 Å². The molecule has 1 heterocycles. The number of hydrogen-bond acceptors (Lipinski definition) is 4.